The zero-order chi connectivity index (χ0) is 23.2. The maximum atomic E-state index is 13.2. The number of hydrogen-bond donors (Lipinski definition) is 3. The van der Waals surface area contributed by atoms with Gasteiger partial charge >= 0.3 is 0 Å². The SMILES string of the molecule is COc1ccc(Nc2[nH]nc(N=Cc3ccc(C)cc3)c2C(=O)Nc2ccc(Cl)cc2)cc1. The van der Waals surface area contributed by atoms with E-state index in [1.807, 2.05) is 55.5 Å². The van der Waals surface area contributed by atoms with Crippen molar-refractivity contribution in [2.45, 2.75) is 6.92 Å². The summed E-state index contributed by atoms with van der Waals surface area (Å²) in [4.78, 5) is 17.7. The highest BCUT2D eigenvalue weighted by Crippen LogP contribution is 2.28. The molecule has 4 aromatic rings. The van der Waals surface area contributed by atoms with Crippen LogP contribution in [0.1, 0.15) is 21.5 Å². The zero-order valence-electron chi connectivity index (χ0n) is 18.1. The number of hydrogen-bond acceptors (Lipinski definition) is 5. The Hall–Kier alpha value is -4.10. The molecule has 0 aliphatic carbocycles. The van der Waals surface area contributed by atoms with E-state index in [1.54, 1.807) is 37.6 Å². The van der Waals surface area contributed by atoms with Crippen molar-refractivity contribution in [2.75, 3.05) is 17.7 Å². The number of carbonyl (C=O) groups is 1. The monoisotopic (exact) mass is 459 g/mol. The number of carbonyl (C=O) groups excluding carboxylic acids is 1. The van der Waals surface area contributed by atoms with Gasteiger partial charge in [-0.25, -0.2) is 4.99 Å². The summed E-state index contributed by atoms with van der Waals surface area (Å²) in [6.45, 7) is 2.02. The molecule has 3 aromatic carbocycles. The van der Waals surface area contributed by atoms with E-state index >= 15 is 0 Å². The van der Waals surface area contributed by atoms with E-state index in [0.29, 0.717) is 16.5 Å². The Morgan fingerprint density at radius 3 is 2.33 bits per heavy atom. The van der Waals surface area contributed by atoms with Gasteiger partial charge in [0.25, 0.3) is 5.91 Å². The standard InChI is InChI=1S/C25H22ClN5O2/c1-16-3-5-17(6-4-16)15-27-23-22(25(32)29-20-9-7-18(26)8-10-20)24(31-30-23)28-19-11-13-21(33-2)14-12-19/h3-15H,1-2H3,(H,29,32)(H2,28,30,31). The highest BCUT2D eigenvalue weighted by atomic mass is 35.5. The van der Waals surface area contributed by atoms with Crippen LogP contribution in [0.15, 0.2) is 77.8 Å². The summed E-state index contributed by atoms with van der Waals surface area (Å²) < 4.78 is 5.20. The fourth-order valence-corrected chi connectivity index (χ4v) is 3.19. The number of H-pyrrole nitrogens is 1. The van der Waals surface area contributed by atoms with Gasteiger partial charge in [-0.1, -0.05) is 41.4 Å². The third-order valence-electron chi connectivity index (χ3n) is 4.85. The van der Waals surface area contributed by atoms with Crippen LogP contribution in [0.4, 0.5) is 23.0 Å². The van der Waals surface area contributed by atoms with Gasteiger partial charge in [0.1, 0.15) is 17.1 Å². The summed E-state index contributed by atoms with van der Waals surface area (Å²) in [7, 11) is 1.61. The Morgan fingerprint density at radius 1 is 1.00 bits per heavy atom. The lowest BCUT2D eigenvalue weighted by molar-refractivity contribution is 0.102. The minimum atomic E-state index is -0.363. The molecule has 0 fully saturated rings. The predicted molar refractivity (Wildman–Crippen MR) is 133 cm³/mol. The van der Waals surface area contributed by atoms with Crippen molar-refractivity contribution in [3.63, 3.8) is 0 Å². The van der Waals surface area contributed by atoms with Gasteiger partial charge < -0.3 is 15.4 Å². The van der Waals surface area contributed by atoms with Crippen LogP contribution in [0.5, 0.6) is 5.75 Å². The third kappa shape index (κ3) is 5.58. The van der Waals surface area contributed by atoms with Crippen LogP contribution in [-0.2, 0) is 0 Å². The first-order chi connectivity index (χ1) is 16.0. The van der Waals surface area contributed by atoms with Crippen LogP contribution in [0.3, 0.4) is 0 Å². The summed E-state index contributed by atoms with van der Waals surface area (Å²) in [5.41, 5.74) is 3.70. The van der Waals surface area contributed by atoms with Gasteiger partial charge in [0.2, 0.25) is 0 Å². The van der Waals surface area contributed by atoms with Crippen LogP contribution in [0.25, 0.3) is 0 Å². The Kier molecular flexibility index (Phi) is 6.71. The number of aryl methyl sites for hydroxylation is 1. The molecule has 0 atom stereocenters. The van der Waals surface area contributed by atoms with Crippen molar-refractivity contribution in [3.8, 4) is 5.75 Å². The molecule has 0 saturated heterocycles. The second kappa shape index (κ2) is 10.0. The van der Waals surface area contributed by atoms with Gasteiger partial charge in [0.15, 0.2) is 5.82 Å². The van der Waals surface area contributed by atoms with E-state index in [-0.39, 0.29) is 17.3 Å². The van der Waals surface area contributed by atoms with Crippen LogP contribution >= 0.6 is 11.6 Å². The number of aliphatic imine (C=N–C) groups is 1. The molecule has 3 N–H and O–H groups in total. The smallest absolute Gasteiger partial charge is 0.263 e. The number of benzene rings is 3. The molecule has 0 aliphatic rings. The van der Waals surface area contributed by atoms with E-state index in [1.165, 1.54) is 0 Å². The van der Waals surface area contributed by atoms with Crippen LogP contribution in [0, 0.1) is 6.92 Å². The van der Waals surface area contributed by atoms with Crippen molar-refractivity contribution in [1.82, 2.24) is 10.2 Å². The minimum absolute atomic E-state index is 0.262. The number of halogens is 1. The predicted octanol–water partition coefficient (Wildman–Crippen LogP) is 6.13. The molecule has 0 radical (unpaired) electrons. The first kappa shape index (κ1) is 22.1. The van der Waals surface area contributed by atoms with Crippen molar-refractivity contribution in [3.05, 3.63) is 94.5 Å². The molecule has 33 heavy (non-hydrogen) atoms. The molecule has 0 aliphatic heterocycles. The van der Waals surface area contributed by atoms with Crippen LogP contribution in [0.2, 0.25) is 5.02 Å². The second-order valence-corrected chi connectivity index (χ2v) is 7.72. The molecular weight excluding hydrogens is 438 g/mol. The maximum Gasteiger partial charge on any atom is 0.263 e. The van der Waals surface area contributed by atoms with E-state index in [9.17, 15) is 4.79 Å². The molecule has 1 amide bonds. The maximum absolute atomic E-state index is 13.2. The van der Waals surface area contributed by atoms with Gasteiger partial charge in [-0.05, 0) is 61.0 Å². The van der Waals surface area contributed by atoms with Crippen LogP contribution in [-0.4, -0.2) is 29.4 Å². The molecular formula is C25H22ClN5O2. The molecule has 0 bridgehead atoms. The summed E-state index contributed by atoms with van der Waals surface area (Å²) >= 11 is 5.95. The van der Waals surface area contributed by atoms with Crippen molar-refractivity contribution in [1.29, 1.82) is 0 Å². The van der Waals surface area contributed by atoms with Crippen molar-refractivity contribution in [2.24, 2.45) is 4.99 Å². The Labute approximate surface area is 196 Å². The number of rotatable bonds is 7. The van der Waals surface area contributed by atoms with Gasteiger partial charge in [-0.15, -0.1) is 0 Å². The third-order valence-corrected chi connectivity index (χ3v) is 5.10. The molecule has 1 aromatic heterocycles. The average molecular weight is 460 g/mol. The Bertz CT molecular complexity index is 1260. The lowest BCUT2D eigenvalue weighted by atomic mass is 10.2. The molecule has 0 unspecified atom stereocenters. The lowest BCUT2D eigenvalue weighted by Gasteiger charge is -2.09. The summed E-state index contributed by atoms with van der Waals surface area (Å²) in [6.07, 6.45) is 1.67. The number of ether oxygens (including phenoxy) is 1. The minimum Gasteiger partial charge on any atom is -0.497 e. The topological polar surface area (TPSA) is 91.4 Å². The second-order valence-electron chi connectivity index (χ2n) is 7.28. The molecule has 0 spiro atoms. The number of nitrogens with one attached hydrogen (secondary N) is 3. The fourth-order valence-electron chi connectivity index (χ4n) is 3.07. The average Bonchev–Trinajstić information content (AvgIpc) is 3.23. The summed E-state index contributed by atoms with van der Waals surface area (Å²) in [6, 6.07) is 22.1. The first-order valence-corrected chi connectivity index (χ1v) is 10.6. The molecule has 4 rings (SSSR count). The Balaban J connectivity index is 1.65. The number of anilines is 3. The summed E-state index contributed by atoms with van der Waals surface area (Å²) in [5, 5.41) is 13.8. The quantitative estimate of drug-likeness (QED) is 0.290. The molecule has 8 heteroatoms. The van der Waals surface area contributed by atoms with Gasteiger partial charge in [-0.3, -0.25) is 9.89 Å². The van der Waals surface area contributed by atoms with E-state index < -0.39 is 0 Å². The lowest BCUT2D eigenvalue weighted by Crippen LogP contribution is -2.13. The van der Waals surface area contributed by atoms with Gasteiger partial charge in [0.05, 0.1) is 7.11 Å². The highest BCUT2D eigenvalue weighted by molar-refractivity contribution is 6.30. The van der Waals surface area contributed by atoms with E-state index in [2.05, 4.69) is 25.8 Å². The van der Waals surface area contributed by atoms with Crippen molar-refractivity contribution < 1.29 is 9.53 Å². The number of aromatic amines is 1. The van der Waals surface area contributed by atoms with Crippen LogP contribution < -0.4 is 15.4 Å². The normalized spacial score (nSPS) is 10.9. The number of methoxy groups -OCH3 is 1. The Morgan fingerprint density at radius 2 is 1.67 bits per heavy atom. The molecule has 1 heterocycles. The van der Waals surface area contributed by atoms with E-state index in [4.69, 9.17) is 16.3 Å². The number of amides is 1. The molecule has 0 saturated carbocycles. The zero-order valence-corrected chi connectivity index (χ0v) is 18.9. The molecule has 166 valence electrons. The number of aromatic nitrogens is 2. The summed E-state index contributed by atoms with van der Waals surface area (Å²) in [5.74, 6) is 1.05. The fraction of sp³-hybridized carbons (Fsp3) is 0.0800. The van der Waals surface area contributed by atoms with E-state index in [0.717, 1.165) is 22.6 Å². The highest BCUT2D eigenvalue weighted by Gasteiger charge is 2.21. The van der Waals surface area contributed by atoms with Gasteiger partial charge in [-0.2, -0.15) is 5.10 Å². The first-order valence-electron chi connectivity index (χ1n) is 10.2. The largest absolute Gasteiger partial charge is 0.497 e. The van der Waals surface area contributed by atoms with Gasteiger partial charge in [0, 0.05) is 22.6 Å². The number of nitrogens with zero attached hydrogens (tertiary/aromatic N) is 2. The molecule has 7 nitrogen and oxygen atoms in total. The van der Waals surface area contributed by atoms with Crippen molar-refractivity contribution >= 4 is 46.7 Å².